The Morgan fingerprint density at radius 1 is 1.04 bits per heavy atom. The van der Waals surface area contributed by atoms with Crippen LogP contribution < -0.4 is 15.4 Å². The van der Waals surface area contributed by atoms with Gasteiger partial charge in [0.15, 0.2) is 5.75 Å². The number of rotatable bonds is 5. The van der Waals surface area contributed by atoms with Crippen LogP contribution in [0.2, 0.25) is 0 Å². The molecule has 0 radical (unpaired) electrons. The third kappa shape index (κ3) is 4.55. The van der Waals surface area contributed by atoms with E-state index >= 15 is 0 Å². The Balaban J connectivity index is 1.64. The van der Waals surface area contributed by atoms with Crippen LogP contribution in [0.5, 0.6) is 11.5 Å². The van der Waals surface area contributed by atoms with Crippen molar-refractivity contribution in [3.8, 4) is 11.5 Å². The molecular weight excluding hydrogens is 290 g/mol. The van der Waals surface area contributed by atoms with Gasteiger partial charge in [-0.1, -0.05) is 30.3 Å². The van der Waals surface area contributed by atoms with Gasteiger partial charge in [-0.05, 0) is 24.3 Å². The second-order valence-corrected chi connectivity index (χ2v) is 5.49. The number of hydrogen-bond donors (Lipinski definition) is 2. The molecule has 1 fully saturated rings. The first-order valence-electron chi connectivity index (χ1n) is 7.86. The van der Waals surface area contributed by atoms with Crippen LogP contribution in [0.4, 0.5) is 5.69 Å². The zero-order chi connectivity index (χ0) is 15.9. The maximum atomic E-state index is 12.3. The molecule has 0 unspecified atom stereocenters. The van der Waals surface area contributed by atoms with Crippen molar-refractivity contribution in [2.75, 3.05) is 38.0 Å². The van der Waals surface area contributed by atoms with E-state index in [1.807, 2.05) is 54.6 Å². The summed E-state index contributed by atoms with van der Waals surface area (Å²) in [5.41, 5.74) is 0.691. The minimum absolute atomic E-state index is 0.0176. The highest BCUT2D eigenvalue weighted by Crippen LogP contribution is 2.28. The summed E-state index contributed by atoms with van der Waals surface area (Å²) < 4.78 is 5.86. The van der Waals surface area contributed by atoms with Gasteiger partial charge in [0.1, 0.15) is 5.75 Å². The van der Waals surface area contributed by atoms with Gasteiger partial charge >= 0.3 is 0 Å². The Morgan fingerprint density at radius 2 is 1.74 bits per heavy atom. The highest BCUT2D eigenvalue weighted by atomic mass is 16.5. The Hall–Kier alpha value is -2.37. The van der Waals surface area contributed by atoms with Gasteiger partial charge in [0.05, 0.1) is 12.2 Å². The lowest BCUT2D eigenvalue weighted by molar-refractivity contribution is -0.117. The van der Waals surface area contributed by atoms with Gasteiger partial charge in [0, 0.05) is 26.2 Å². The fourth-order valence-corrected chi connectivity index (χ4v) is 2.54. The predicted molar refractivity (Wildman–Crippen MR) is 90.9 cm³/mol. The number of amides is 1. The van der Waals surface area contributed by atoms with Crippen molar-refractivity contribution in [3.05, 3.63) is 54.6 Å². The number of nitrogens with one attached hydrogen (secondary N) is 2. The third-order valence-corrected chi connectivity index (χ3v) is 3.71. The first-order chi connectivity index (χ1) is 11.3. The van der Waals surface area contributed by atoms with E-state index in [9.17, 15) is 4.79 Å². The molecule has 0 saturated carbocycles. The minimum Gasteiger partial charge on any atom is -0.455 e. The molecule has 1 amide bonds. The van der Waals surface area contributed by atoms with Crippen molar-refractivity contribution in [2.45, 2.75) is 0 Å². The molecular formula is C18H21N3O2. The van der Waals surface area contributed by atoms with Gasteiger partial charge in [-0.3, -0.25) is 9.69 Å². The van der Waals surface area contributed by atoms with Gasteiger partial charge in [-0.25, -0.2) is 0 Å². The number of carbonyl (C=O) groups is 1. The molecule has 0 aromatic heterocycles. The van der Waals surface area contributed by atoms with E-state index in [1.165, 1.54) is 0 Å². The topological polar surface area (TPSA) is 53.6 Å². The molecule has 1 saturated heterocycles. The van der Waals surface area contributed by atoms with Crippen molar-refractivity contribution in [1.82, 2.24) is 10.2 Å². The molecule has 2 N–H and O–H groups in total. The Morgan fingerprint density at radius 3 is 2.52 bits per heavy atom. The molecule has 0 spiro atoms. The smallest absolute Gasteiger partial charge is 0.238 e. The zero-order valence-electron chi connectivity index (χ0n) is 13.0. The molecule has 2 aromatic carbocycles. The molecule has 1 aliphatic heterocycles. The van der Waals surface area contributed by atoms with Crippen molar-refractivity contribution >= 4 is 11.6 Å². The van der Waals surface area contributed by atoms with Gasteiger partial charge < -0.3 is 15.4 Å². The molecule has 5 nitrogen and oxygen atoms in total. The lowest BCUT2D eigenvalue weighted by Gasteiger charge is -2.26. The Labute approximate surface area is 136 Å². The predicted octanol–water partition coefficient (Wildman–Crippen LogP) is 2.32. The summed E-state index contributed by atoms with van der Waals surface area (Å²) in [6.45, 7) is 4.06. The zero-order valence-corrected chi connectivity index (χ0v) is 13.0. The number of para-hydroxylation sites is 3. The van der Waals surface area contributed by atoms with Gasteiger partial charge in [0.25, 0.3) is 0 Å². The molecule has 2 aromatic rings. The molecule has 3 rings (SSSR count). The van der Waals surface area contributed by atoms with Gasteiger partial charge in [-0.2, -0.15) is 0 Å². The number of hydrogen-bond acceptors (Lipinski definition) is 4. The highest BCUT2D eigenvalue weighted by Gasteiger charge is 2.15. The number of piperazine rings is 1. The van der Waals surface area contributed by atoms with E-state index in [0.29, 0.717) is 18.0 Å². The van der Waals surface area contributed by atoms with Crippen LogP contribution in [0.3, 0.4) is 0 Å². The van der Waals surface area contributed by atoms with E-state index in [1.54, 1.807) is 0 Å². The van der Waals surface area contributed by atoms with Crippen molar-refractivity contribution < 1.29 is 9.53 Å². The lowest BCUT2D eigenvalue weighted by atomic mass is 10.2. The second kappa shape index (κ2) is 7.76. The quantitative estimate of drug-likeness (QED) is 0.890. The van der Waals surface area contributed by atoms with Crippen LogP contribution in [0.25, 0.3) is 0 Å². The molecule has 5 heteroatoms. The molecule has 0 atom stereocenters. The molecule has 1 heterocycles. The summed E-state index contributed by atoms with van der Waals surface area (Å²) >= 11 is 0. The molecule has 0 bridgehead atoms. The van der Waals surface area contributed by atoms with Crippen LogP contribution >= 0.6 is 0 Å². The van der Waals surface area contributed by atoms with E-state index in [2.05, 4.69) is 15.5 Å². The SMILES string of the molecule is O=C(CN1CCNCC1)Nc1ccccc1Oc1ccccc1. The summed E-state index contributed by atoms with van der Waals surface area (Å²) in [5, 5.41) is 6.23. The number of nitrogens with zero attached hydrogens (tertiary/aromatic N) is 1. The maximum Gasteiger partial charge on any atom is 0.238 e. The largest absolute Gasteiger partial charge is 0.455 e. The van der Waals surface area contributed by atoms with E-state index in [4.69, 9.17) is 4.74 Å². The first-order valence-corrected chi connectivity index (χ1v) is 7.86. The summed E-state index contributed by atoms with van der Waals surface area (Å²) in [4.78, 5) is 14.4. The molecule has 120 valence electrons. The number of ether oxygens (including phenoxy) is 1. The molecule has 1 aliphatic rings. The number of carbonyl (C=O) groups excluding carboxylic acids is 1. The van der Waals surface area contributed by atoms with E-state index in [0.717, 1.165) is 31.9 Å². The van der Waals surface area contributed by atoms with Crippen molar-refractivity contribution in [3.63, 3.8) is 0 Å². The normalized spacial score (nSPS) is 15.1. The first kappa shape index (κ1) is 15.5. The Kier molecular flexibility index (Phi) is 5.24. The van der Waals surface area contributed by atoms with Gasteiger partial charge in [0.2, 0.25) is 5.91 Å². The minimum atomic E-state index is -0.0176. The van der Waals surface area contributed by atoms with Crippen molar-refractivity contribution in [1.29, 1.82) is 0 Å². The van der Waals surface area contributed by atoms with Crippen LogP contribution in [-0.4, -0.2) is 43.5 Å². The Bertz CT molecular complexity index is 640. The second-order valence-electron chi connectivity index (χ2n) is 5.49. The van der Waals surface area contributed by atoms with Crippen LogP contribution in [0, 0.1) is 0 Å². The summed E-state index contributed by atoms with van der Waals surface area (Å²) in [6, 6.07) is 17.0. The molecule has 0 aliphatic carbocycles. The highest BCUT2D eigenvalue weighted by molar-refractivity contribution is 5.93. The van der Waals surface area contributed by atoms with Gasteiger partial charge in [-0.15, -0.1) is 0 Å². The van der Waals surface area contributed by atoms with E-state index in [-0.39, 0.29) is 5.91 Å². The molecule has 23 heavy (non-hydrogen) atoms. The summed E-state index contributed by atoms with van der Waals surface area (Å²) in [5.74, 6) is 1.37. The standard InChI is InChI=1S/C18H21N3O2/c22-18(14-21-12-10-19-11-13-21)20-16-8-4-5-9-17(16)23-15-6-2-1-3-7-15/h1-9,19H,10-14H2,(H,20,22). The third-order valence-electron chi connectivity index (χ3n) is 3.71. The monoisotopic (exact) mass is 311 g/mol. The lowest BCUT2D eigenvalue weighted by Crippen LogP contribution is -2.46. The fourth-order valence-electron chi connectivity index (χ4n) is 2.54. The number of anilines is 1. The number of benzene rings is 2. The summed E-state index contributed by atoms with van der Waals surface area (Å²) in [7, 11) is 0. The van der Waals surface area contributed by atoms with Crippen LogP contribution in [0.1, 0.15) is 0 Å². The van der Waals surface area contributed by atoms with Crippen molar-refractivity contribution in [2.24, 2.45) is 0 Å². The fraction of sp³-hybridized carbons (Fsp3) is 0.278. The summed E-state index contributed by atoms with van der Waals surface area (Å²) in [6.07, 6.45) is 0. The average Bonchev–Trinajstić information content (AvgIpc) is 2.58. The average molecular weight is 311 g/mol. The van der Waals surface area contributed by atoms with E-state index < -0.39 is 0 Å². The van der Waals surface area contributed by atoms with Crippen LogP contribution in [0.15, 0.2) is 54.6 Å². The van der Waals surface area contributed by atoms with Crippen LogP contribution in [-0.2, 0) is 4.79 Å². The maximum absolute atomic E-state index is 12.3.